The first-order chi connectivity index (χ1) is 10.5. The van der Waals surface area contributed by atoms with Gasteiger partial charge >= 0.3 is 0 Å². The fraction of sp³-hybridized carbons (Fsp3) is 1.00. The fourth-order valence-electron chi connectivity index (χ4n) is 4.66. The molecule has 0 aromatic heterocycles. The molecule has 22 heavy (non-hydrogen) atoms. The molecule has 2 aliphatic heterocycles. The molecule has 5 nitrogen and oxygen atoms in total. The summed E-state index contributed by atoms with van der Waals surface area (Å²) in [5.74, 6) is 0.500. The third-order valence-corrected chi connectivity index (χ3v) is 7.17. The second-order valence-electron chi connectivity index (χ2n) is 7.54. The minimum atomic E-state index is -3.03. The van der Waals surface area contributed by atoms with Crippen LogP contribution < -0.4 is 5.32 Å². The smallest absolute Gasteiger partial charge is 0.211 e. The number of piperazine rings is 1. The van der Waals surface area contributed by atoms with Gasteiger partial charge in [0.1, 0.15) is 0 Å². The first kappa shape index (κ1) is 16.7. The van der Waals surface area contributed by atoms with Crippen LogP contribution in [0, 0.1) is 5.92 Å². The lowest BCUT2D eigenvalue weighted by Crippen LogP contribution is -2.63. The number of nitrogens with zero attached hydrogens (tertiary/aromatic N) is 2. The van der Waals surface area contributed by atoms with Crippen LogP contribution in [0.3, 0.4) is 0 Å². The maximum absolute atomic E-state index is 11.8. The van der Waals surface area contributed by atoms with Gasteiger partial charge in [0.25, 0.3) is 0 Å². The Balaban J connectivity index is 1.65. The number of nitrogens with one attached hydrogen (secondary N) is 1. The zero-order chi connectivity index (χ0) is 15.6. The minimum Gasteiger partial charge on any atom is -0.314 e. The van der Waals surface area contributed by atoms with Gasteiger partial charge in [-0.15, -0.1) is 0 Å². The first-order valence-corrected chi connectivity index (χ1v) is 10.8. The predicted molar refractivity (Wildman–Crippen MR) is 89.4 cm³/mol. The first-order valence-electron chi connectivity index (χ1n) is 8.91. The molecule has 1 unspecified atom stereocenters. The molecule has 0 bridgehead atoms. The van der Waals surface area contributed by atoms with E-state index in [1.165, 1.54) is 44.8 Å². The highest BCUT2D eigenvalue weighted by atomic mass is 32.2. The Morgan fingerprint density at radius 3 is 2.64 bits per heavy atom. The van der Waals surface area contributed by atoms with Crippen molar-refractivity contribution in [2.45, 2.75) is 50.5 Å². The van der Waals surface area contributed by atoms with Crippen LogP contribution in [0.2, 0.25) is 0 Å². The molecule has 3 rings (SSSR count). The molecule has 2 heterocycles. The highest BCUT2D eigenvalue weighted by molar-refractivity contribution is 7.88. The molecule has 1 saturated carbocycles. The van der Waals surface area contributed by atoms with Crippen LogP contribution in [0.5, 0.6) is 0 Å². The van der Waals surface area contributed by atoms with Crippen molar-refractivity contribution in [3.63, 3.8) is 0 Å². The zero-order valence-corrected chi connectivity index (χ0v) is 14.7. The second kappa shape index (κ2) is 6.75. The molecule has 2 saturated heterocycles. The van der Waals surface area contributed by atoms with Gasteiger partial charge in [0.2, 0.25) is 10.0 Å². The Labute approximate surface area is 135 Å². The van der Waals surface area contributed by atoms with Crippen LogP contribution in [0.4, 0.5) is 0 Å². The molecule has 1 spiro atoms. The number of hydrogen-bond donors (Lipinski definition) is 1. The SMILES string of the molecule is CS(=O)(=O)N1CCCC(CN2CCNCC23CCCCC3)C1. The Hall–Kier alpha value is -0.170. The Bertz CT molecular complexity index is 466. The van der Waals surface area contributed by atoms with Crippen LogP contribution in [0.15, 0.2) is 0 Å². The molecule has 3 fully saturated rings. The van der Waals surface area contributed by atoms with Crippen molar-refractivity contribution < 1.29 is 8.42 Å². The molecular weight excluding hydrogens is 298 g/mol. The Morgan fingerprint density at radius 2 is 1.91 bits per heavy atom. The number of hydrogen-bond acceptors (Lipinski definition) is 4. The van der Waals surface area contributed by atoms with E-state index >= 15 is 0 Å². The molecular formula is C16H31N3O2S. The van der Waals surface area contributed by atoms with E-state index < -0.39 is 10.0 Å². The maximum atomic E-state index is 11.8. The lowest BCUT2D eigenvalue weighted by molar-refractivity contribution is 0.00930. The van der Waals surface area contributed by atoms with Gasteiger partial charge in [-0.3, -0.25) is 4.90 Å². The summed E-state index contributed by atoms with van der Waals surface area (Å²) < 4.78 is 25.3. The molecule has 1 N–H and O–H groups in total. The molecule has 128 valence electrons. The third-order valence-electron chi connectivity index (χ3n) is 5.90. The van der Waals surface area contributed by atoms with Crippen molar-refractivity contribution in [3.05, 3.63) is 0 Å². The van der Waals surface area contributed by atoms with Gasteiger partial charge in [-0.1, -0.05) is 19.3 Å². The quantitative estimate of drug-likeness (QED) is 0.847. The summed E-state index contributed by atoms with van der Waals surface area (Å²) in [6, 6.07) is 0. The summed E-state index contributed by atoms with van der Waals surface area (Å²) in [4.78, 5) is 2.71. The van der Waals surface area contributed by atoms with Crippen LogP contribution >= 0.6 is 0 Å². The Kier molecular flexibility index (Phi) is 5.12. The lowest BCUT2D eigenvalue weighted by atomic mass is 9.78. The number of rotatable bonds is 3. The highest BCUT2D eigenvalue weighted by Gasteiger charge is 2.41. The summed E-state index contributed by atoms with van der Waals surface area (Å²) >= 11 is 0. The van der Waals surface area contributed by atoms with Crippen molar-refractivity contribution in [2.75, 3.05) is 45.5 Å². The van der Waals surface area contributed by atoms with E-state index in [9.17, 15) is 8.42 Å². The minimum absolute atomic E-state index is 0.351. The molecule has 1 atom stereocenters. The normalized spacial score (nSPS) is 31.4. The summed E-state index contributed by atoms with van der Waals surface area (Å²) in [7, 11) is -3.03. The lowest BCUT2D eigenvalue weighted by Gasteiger charge is -2.51. The van der Waals surface area contributed by atoms with Gasteiger partial charge in [-0.05, 0) is 31.6 Å². The van der Waals surface area contributed by atoms with E-state index in [2.05, 4.69) is 10.2 Å². The van der Waals surface area contributed by atoms with Gasteiger partial charge in [-0.2, -0.15) is 0 Å². The van der Waals surface area contributed by atoms with Gasteiger partial charge in [-0.25, -0.2) is 12.7 Å². The molecule has 0 amide bonds. The summed E-state index contributed by atoms with van der Waals surface area (Å²) in [5, 5.41) is 3.60. The molecule has 3 aliphatic rings. The predicted octanol–water partition coefficient (Wildman–Crippen LogP) is 1.27. The standard InChI is InChI=1S/C16H31N3O2S/c1-22(20,21)19-10-5-6-15(13-19)12-18-11-9-17-14-16(18)7-3-2-4-8-16/h15,17H,2-14H2,1H3. The monoisotopic (exact) mass is 329 g/mol. The average molecular weight is 330 g/mol. The van der Waals surface area contributed by atoms with E-state index in [1.807, 2.05) is 0 Å². The molecule has 0 aromatic rings. The van der Waals surface area contributed by atoms with Crippen molar-refractivity contribution in [3.8, 4) is 0 Å². The van der Waals surface area contributed by atoms with Gasteiger partial charge < -0.3 is 5.32 Å². The summed E-state index contributed by atoms with van der Waals surface area (Å²) in [6.07, 6.45) is 10.2. The molecule has 0 radical (unpaired) electrons. The number of piperidine rings is 1. The fourth-order valence-corrected chi connectivity index (χ4v) is 5.60. The van der Waals surface area contributed by atoms with Gasteiger partial charge in [0.15, 0.2) is 0 Å². The molecule has 6 heteroatoms. The zero-order valence-electron chi connectivity index (χ0n) is 13.9. The topological polar surface area (TPSA) is 52.7 Å². The van der Waals surface area contributed by atoms with Crippen LogP contribution in [0.1, 0.15) is 44.9 Å². The summed E-state index contributed by atoms with van der Waals surface area (Å²) in [6.45, 7) is 5.82. The Morgan fingerprint density at radius 1 is 1.14 bits per heavy atom. The molecule has 1 aliphatic carbocycles. The van der Waals surface area contributed by atoms with Crippen molar-refractivity contribution in [1.82, 2.24) is 14.5 Å². The van der Waals surface area contributed by atoms with E-state index in [0.29, 0.717) is 18.0 Å². The van der Waals surface area contributed by atoms with E-state index in [1.54, 1.807) is 4.31 Å². The van der Waals surface area contributed by atoms with Gasteiger partial charge in [0.05, 0.1) is 6.26 Å². The average Bonchev–Trinajstić information content (AvgIpc) is 2.50. The van der Waals surface area contributed by atoms with Crippen LogP contribution in [-0.4, -0.2) is 68.7 Å². The second-order valence-corrected chi connectivity index (χ2v) is 9.52. The maximum Gasteiger partial charge on any atom is 0.211 e. The third kappa shape index (κ3) is 3.66. The van der Waals surface area contributed by atoms with Crippen molar-refractivity contribution >= 4 is 10.0 Å². The van der Waals surface area contributed by atoms with Crippen LogP contribution in [-0.2, 0) is 10.0 Å². The van der Waals surface area contributed by atoms with Crippen LogP contribution in [0.25, 0.3) is 0 Å². The largest absolute Gasteiger partial charge is 0.314 e. The van der Waals surface area contributed by atoms with Crippen molar-refractivity contribution in [2.24, 2.45) is 5.92 Å². The van der Waals surface area contributed by atoms with E-state index in [4.69, 9.17) is 0 Å². The van der Waals surface area contributed by atoms with E-state index in [-0.39, 0.29) is 0 Å². The number of sulfonamides is 1. The van der Waals surface area contributed by atoms with Crippen molar-refractivity contribution in [1.29, 1.82) is 0 Å². The summed E-state index contributed by atoms with van der Waals surface area (Å²) in [5.41, 5.74) is 0.351. The molecule has 0 aromatic carbocycles. The highest BCUT2D eigenvalue weighted by Crippen LogP contribution is 2.35. The van der Waals surface area contributed by atoms with E-state index in [0.717, 1.165) is 39.1 Å². The van der Waals surface area contributed by atoms with Gasteiger partial charge in [0, 0.05) is 44.8 Å².